The summed E-state index contributed by atoms with van der Waals surface area (Å²) in [7, 11) is -4.89. The topological polar surface area (TPSA) is 159 Å². The first-order valence-corrected chi connectivity index (χ1v) is 17.9. The molecule has 2 aliphatic heterocycles. The quantitative estimate of drug-likeness (QED) is 0.130. The summed E-state index contributed by atoms with van der Waals surface area (Å²) >= 11 is 12.9. The first-order valence-electron chi connectivity index (χ1n) is 15.3. The van der Waals surface area contributed by atoms with Gasteiger partial charge in [-0.25, -0.2) is 4.57 Å². The van der Waals surface area contributed by atoms with Crippen molar-refractivity contribution in [3.8, 4) is 11.5 Å². The third-order valence-corrected chi connectivity index (χ3v) is 13.0. The van der Waals surface area contributed by atoms with E-state index < -0.39 is 24.1 Å². The summed E-state index contributed by atoms with van der Waals surface area (Å²) < 4.78 is 17.0. The molecule has 3 fully saturated rings. The molecule has 5 unspecified atom stereocenters. The molecular weight excluding hydrogens is 654 g/mol. The van der Waals surface area contributed by atoms with Crippen LogP contribution in [0.5, 0.6) is 11.5 Å². The Balaban J connectivity index is 1.05. The summed E-state index contributed by atoms with van der Waals surface area (Å²) in [6.07, 6.45) is 5.26. The lowest BCUT2D eigenvalue weighted by molar-refractivity contribution is -0.134. The van der Waals surface area contributed by atoms with Crippen LogP contribution < -0.4 is 14.3 Å². The monoisotopic (exact) mass is 684 g/mol. The Labute approximate surface area is 273 Å². The Kier molecular flexibility index (Phi) is 5.55. The van der Waals surface area contributed by atoms with E-state index in [0.717, 1.165) is 33.0 Å². The number of phenolic OH excluding ortho intramolecular Hbond substituents is 1. The van der Waals surface area contributed by atoms with Crippen LogP contribution in [-0.4, -0.2) is 61.5 Å². The second-order valence-corrected chi connectivity index (χ2v) is 15.8. The molecule has 2 amide bonds. The average molecular weight is 686 g/mol. The number of anilines is 2. The third kappa shape index (κ3) is 3.30. The van der Waals surface area contributed by atoms with Crippen LogP contribution in [0.4, 0.5) is 11.4 Å². The fourth-order valence-electron chi connectivity index (χ4n) is 9.78. The predicted octanol–water partition coefficient (Wildman–Crippen LogP) is 5.65. The Morgan fingerprint density at radius 3 is 1.89 bits per heavy atom. The Hall–Kier alpha value is -3.21. The molecule has 2 aromatic heterocycles. The van der Waals surface area contributed by atoms with Crippen molar-refractivity contribution >= 4 is 76.0 Å². The minimum atomic E-state index is -4.89. The molecule has 0 saturated heterocycles. The number of aryl methyl sites for hydroxylation is 2. The van der Waals surface area contributed by atoms with Gasteiger partial charge in [-0.2, -0.15) is 0 Å². The summed E-state index contributed by atoms with van der Waals surface area (Å²) in [5.41, 5.74) is 4.23. The van der Waals surface area contributed by atoms with Crippen molar-refractivity contribution in [1.29, 1.82) is 0 Å². The number of aromatic hydroxyl groups is 1. The molecule has 9 rings (SSSR count). The number of fused-ring (bicyclic) bond motifs is 6. The number of phosphoric acid groups is 1. The van der Waals surface area contributed by atoms with E-state index in [1.54, 1.807) is 22.1 Å². The van der Waals surface area contributed by atoms with E-state index in [9.17, 15) is 29.0 Å². The zero-order valence-corrected chi connectivity index (χ0v) is 27.4. The van der Waals surface area contributed by atoms with Gasteiger partial charge in [0.25, 0.3) is 0 Å². The number of nitrogens with zero attached hydrogens (tertiary/aromatic N) is 2. The molecular formula is C32H31Cl2N4O7P. The number of aromatic nitrogens is 2. The SMILES string of the molecule is Cc1c[nH]c2c(O)cc3c(c12)C(CCl)CN3C(=O)C12CC3(C(=O)N4CC(CCl)c5c4cc(OP(=O)(O)O)c4[nH]cc(C)c54)CC13C2. The Bertz CT molecular complexity index is 2140. The number of nitrogens with one attached hydrogen (secondary N) is 2. The molecule has 5 atom stereocenters. The molecule has 0 bridgehead atoms. The first kappa shape index (κ1) is 29.0. The number of phosphoric ester groups is 1. The molecule has 2 aromatic carbocycles. The zero-order valence-electron chi connectivity index (χ0n) is 25.0. The van der Waals surface area contributed by atoms with Crippen LogP contribution in [0.25, 0.3) is 21.8 Å². The van der Waals surface area contributed by atoms with Crippen LogP contribution in [0.2, 0.25) is 0 Å². The third-order valence-electron chi connectivity index (χ3n) is 11.8. The lowest BCUT2D eigenvalue weighted by Gasteiger charge is -2.37. The normalized spacial score (nSPS) is 30.2. The fourth-order valence-corrected chi connectivity index (χ4v) is 10.7. The summed E-state index contributed by atoms with van der Waals surface area (Å²) in [4.78, 5) is 57.8. The van der Waals surface area contributed by atoms with Gasteiger partial charge < -0.3 is 29.4 Å². The van der Waals surface area contributed by atoms with Crippen LogP contribution in [0.1, 0.15) is 53.4 Å². The smallest absolute Gasteiger partial charge is 0.506 e. The number of rotatable bonds is 6. The highest BCUT2D eigenvalue weighted by atomic mass is 35.5. The van der Waals surface area contributed by atoms with Crippen molar-refractivity contribution in [3.63, 3.8) is 0 Å². The van der Waals surface area contributed by atoms with Gasteiger partial charge in [-0.05, 0) is 55.4 Å². The minimum Gasteiger partial charge on any atom is -0.506 e. The maximum Gasteiger partial charge on any atom is 0.524 e. The van der Waals surface area contributed by atoms with E-state index in [-0.39, 0.29) is 41.0 Å². The molecule has 4 heterocycles. The first-order chi connectivity index (χ1) is 21.8. The van der Waals surface area contributed by atoms with Gasteiger partial charge in [-0.3, -0.25) is 19.4 Å². The number of hydrogen-bond acceptors (Lipinski definition) is 5. The number of amides is 2. The van der Waals surface area contributed by atoms with Gasteiger partial charge in [0.15, 0.2) is 5.75 Å². The summed E-state index contributed by atoms with van der Waals surface area (Å²) in [6.45, 7) is 4.60. The lowest BCUT2D eigenvalue weighted by atomic mass is 9.72. The van der Waals surface area contributed by atoms with E-state index in [1.807, 2.05) is 20.0 Å². The zero-order chi connectivity index (χ0) is 32.3. The number of carbonyl (C=O) groups is 2. The molecule has 240 valence electrons. The summed E-state index contributed by atoms with van der Waals surface area (Å²) in [6, 6.07) is 3.18. The lowest BCUT2D eigenvalue weighted by Crippen LogP contribution is -2.49. The highest BCUT2D eigenvalue weighted by Crippen LogP contribution is 3.01. The van der Waals surface area contributed by atoms with Crippen LogP contribution in [0, 0.1) is 30.1 Å². The van der Waals surface area contributed by atoms with Crippen LogP contribution in [0.15, 0.2) is 24.5 Å². The maximum atomic E-state index is 14.5. The van der Waals surface area contributed by atoms with Crippen molar-refractivity contribution in [2.45, 2.75) is 44.9 Å². The number of carbonyl (C=O) groups excluding carboxylic acids is 2. The van der Waals surface area contributed by atoms with E-state index >= 15 is 0 Å². The van der Waals surface area contributed by atoms with Gasteiger partial charge in [0.05, 0.1) is 33.2 Å². The molecule has 1 spiro atoms. The average Bonchev–Trinajstić information content (AvgIpc) is 3.42. The van der Waals surface area contributed by atoms with E-state index in [2.05, 4.69) is 9.97 Å². The standard InChI is InChI=1S/C32H31Cl2N4O7P/c1-14-7-35-26-20(39)3-18-24(22(14)26)16(5-33)9-37(18)28(40)30-11-31(13-32(30,31)12-30)29(41)38-10-17(6-34)25-19(38)4-21(45-46(42,43)44)27-23(25)15(2)8-36-27/h3-4,7-8,16-17,35-36,39H,5-6,9-13H2,1-2H3,(H2,42,43,44). The number of alkyl halides is 2. The molecule has 5 aliphatic rings. The number of benzene rings is 2. The van der Waals surface area contributed by atoms with Crippen molar-refractivity contribution in [1.82, 2.24) is 9.97 Å². The van der Waals surface area contributed by atoms with E-state index in [4.69, 9.17) is 27.7 Å². The molecule has 46 heavy (non-hydrogen) atoms. The molecule has 0 radical (unpaired) electrons. The van der Waals surface area contributed by atoms with Crippen molar-refractivity contribution < 1.29 is 33.6 Å². The van der Waals surface area contributed by atoms with Crippen molar-refractivity contribution in [3.05, 3.63) is 46.8 Å². The second-order valence-electron chi connectivity index (χ2n) is 14.0. The summed E-state index contributed by atoms with van der Waals surface area (Å²) in [5, 5.41) is 12.5. The van der Waals surface area contributed by atoms with Gasteiger partial charge in [-0.1, -0.05) is 0 Å². The largest absolute Gasteiger partial charge is 0.524 e. The number of aromatic amines is 2. The number of hydrogen-bond donors (Lipinski definition) is 5. The van der Waals surface area contributed by atoms with E-state index in [1.165, 1.54) is 6.07 Å². The summed E-state index contributed by atoms with van der Waals surface area (Å²) in [5.74, 6) is 0.267. The molecule has 3 saturated carbocycles. The fraction of sp³-hybridized carbons (Fsp3) is 0.438. The van der Waals surface area contributed by atoms with E-state index in [0.29, 0.717) is 60.6 Å². The van der Waals surface area contributed by atoms with Crippen LogP contribution in [0.3, 0.4) is 0 Å². The highest BCUT2D eigenvalue weighted by molar-refractivity contribution is 7.46. The minimum absolute atomic E-state index is 0.0170. The van der Waals surface area contributed by atoms with Crippen LogP contribution in [-0.2, 0) is 14.2 Å². The number of phenols is 1. The van der Waals surface area contributed by atoms with Gasteiger partial charge in [0, 0.05) is 77.4 Å². The molecule has 4 aromatic rings. The Morgan fingerprint density at radius 1 is 0.891 bits per heavy atom. The molecule has 14 heteroatoms. The van der Waals surface area contributed by atoms with Crippen LogP contribution >= 0.6 is 31.0 Å². The van der Waals surface area contributed by atoms with Crippen molar-refractivity contribution in [2.75, 3.05) is 34.6 Å². The second kappa shape index (κ2) is 8.82. The molecule has 5 N–H and O–H groups in total. The number of H-pyrrole nitrogens is 2. The Morgan fingerprint density at radius 2 is 1.39 bits per heavy atom. The van der Waals surface area contributed by atoms with Gasteiger partial charge in [0.1, 0.15) is 5.75 Å². The number of halogens is 2. The van der Waals surface area contributed by atoms with Gasteiger partial charge >= 0.3 is 7.82 Å². The molecule has 11 nitrogen and oxygen atoms in total. The maximum absolute atomic E-state index is 14.5. The molecule has 3 aliphatic carbocycles. The highest BCUT2D eigenvalue weighted by Gasteiger charge is 3.01. The van der Waals surface area contributed by atoms with Gasteiger partial charge in [0.2, 0.25) is 11.8 Å². The van der Waals surface area contributed by atoms with Crippen molar-refractivity contribution in [2.24, 2.45) is 16.2 Å². The van der Waals surface area contributed by atoms with Gasteiger partial charge in [-0.15, -0.1) is 23.2 Å². The predicted molar refractivity (Wildman–Crippen MR) is 173 cm³/mol.